The van der Waals surface area contributed by atoms with Crippen LogP contribution in [0.15, 0.2) is 137 Å². The van der Waals surface area contributed by atoms with Crippen molar-refractivity contribution < 1.29 is 32.2 Å². The van der Waals surface area contributed by atoms with E-state index in [9.17, 15) is 13.2 Å². The zero-order chi connectivity index (χ0) is 47.7. The van der Waals surface area contributed by atoms with Gasteiger partial charge in [0, 0.05) is 51.7 Å². The fourth-order valence-electron chi connectivity index (χ4n) is 9.70. The zero-order valence-corrected chi connectivity index (χ0v) is 40.3. The summed E-state index contributed by atoms with van der Waals surface area (Å²) < 4.78 is 49.4. The molecule has 0 radical (unpaired) electrons. The van der Waals surface area contributed by atoms with Gasteiger partial charge in [-0.05, 0) is 93.8 Å². The van der Waals surface area contributed by atoms with E-state index in [1.54, 1.807) is 19.9 Å². The lowest BCUT2D eigenvalue weighted by Crippen LogP contribution is -2.38. The topological polar surface area (TPSA) is 146 Å². The molecule has 2 atom stereocenters. The molecule has 6 aromatic rings. The predicted octanol–water partition coefficient (Wildman–Crippen LogP) is 10.6. The van der Waals surface area contributed by atoms with E-state index in [0.29, 0.717) is 45.0 Å². The molecule has 0 saturated heterocycles. The van der Waals surface area contributed by atoms with Gasteiger partial charge >= 0.3 is 11.9 Å². The molecule has 0 fully saturated rings. The number of carbonyl (C=O) groups is 2. The fraction of sp³-hybridized carbons (Fsp3) is 0.291. The number of ether oxygens (including phenoxy) is 3. The van der Waals surface area contributed by atoms with Gasteiger partial charge in [0.25, 0.3) is 10.0 Å². The van der Waals surface area contributed by atoms with Crippen LogP contribution in [-0.4, -0.2) is 45.1 Å². The van der Waals surface area contributed by atoms with Crippen molar-refractivity contribution in [3.05, 3.63) is 188 Å². The first kappa shape index (κ1) is 47.1. The van der Waals surface area contributed by atoms with Crippen LogP contribution in [0.4, 0.5) is 0 Å². The minimum Gasteiger partial charge on any atom is -0.487 e. The van der Waals surface area contributed by atoms with E-state index in [-0.39, 0.29) is 49.2 Å². The quantitative estimate of drug-likeness (QED) is 0.0340. The highest BCUT2D eigenvalue weighted by Gasteiger charge is 2.44. The molecule has 1 unspecified atom stereocenters. The molecule has 1 aliphatic heterocycles. The van der Waals surface area contributed by atoms with Crippen LogP contribution in [0, 0.1) is 33.6 Å². The molecule has 1 aliphatic carbocycles. The van der Waals surface area contributed by atoms with E-state index in [2.05, 4.69) is 21.8 Å². The first-order valence-electron chi connectivity index (χ1n) is 22.6. The number of guanidine groups is 1. The van der Waals surface area contributed by atoms with Crippen molar-refractivity contribution in [3.63, 3.8) is 0 Å². The van der Waals surface area contributed by atoms with Crippen molar-refractivity contribution in [3.8, 4) is 16.9 Å². The fourth-order valence-corrected chi connectivity index (χ4v) is 11.5. The third-order valence-corrected chi connectivity index (χ3v) is 15.0. The Labute approximate surface area is 398 Å². The summed E-state index contributed by atoms with van der Waals surface area (Å²) in [4.78, 5) is 33.5. The molecule has 8 rings (SSSR count). The Hall–Kier alpha value is -6.43. The summed E-state index contributed by atoms with van der Waals surface area (Å²) in [5.74, 6) is -2.15. The van der Waals surface area contributed by atoms with Crippen LogP contribution in [0.1, 0.15) is 94.7 Å². The number of nitrogens with zero attached hydrogens (tertiary/aromatic N) is 1. The lowest BCUT2D eigenvalue weighted by molar-refractivity contribution is -0.163. The van der Waals surface area contributed by atoms with Crippen LogP contribution in [0.2, 0.25) is 5.02 Å². The molecule has 0 aromatic heterocycles. The summed E-state index contributed by atoms with van der Waals surface area (Å²) in [7, 11) is -4.17. The maximum atomic E-state index is 15.0. The standard InChI is InChI=1S/C55H56ClN3O7S/c1-34-26-28-40(29-27-34)55(39-18-8-7-9-19-39,47-24-14-15-25-48(47)56)66-52(61)38(31-49(60)64-33-46-43-22-12-10-20-41(43)42-21-11-13-23-44(42)46)17-16-30-58-53(57)59-67(62,63)51-36(3)35(2)45-32-54(5,6)65-50(45)37(51)4/h7-15,18-29,38,46H,16-17,30-33H2,1-6H3,(H3,57,58,59)/t38-,55?/m1/s1. The third kappa shape index (κ3) is 9.45. The summed E-state index contributed by atoms with van der Waals surface area (Å²) in [5.41, 5.74) is 14.5. The minimum absolute atomic E-state index is 0.0353. The van der Waals surface area contributed by atoms with E-state index in [1.165, 1.54) is 0 Å². The molecule has 0 bridgehead atoms. The molecular weight excluding hydrogens is 882 g/mol. The maximum absolute atomic E-state index is 15.0. The Bertz CT molecular complexity index is 2940. The predicted molar refractivity (Wildman–Crippen MR) is 263 cm³/mol. The number of fused-ring (bicyclic) bond motifs is 4. The Kier molecular flexibility index (Phi) is 13.4. The Balaban J connectivity index is 1.07. The summed E-state index contributed by atoms with van der Waals surface area (Å²) in [6.45, 7) is 11.5. The van der Waals surface area contributed by atoms with E-state index >= 15 is 4.79 Å². The van der Waals surface area contributed by atoms with Crippen molar-refractivity contribution in [2.45, 2.75) is 89.2 Å². The Morgan fingerprint density at radius 1 is 0.821 bits per heavy atom. The molecule has 2 aliphatic rings. The number of carbonyl (C=O) groups excluding carboxylic acids is 2. The van der Waals surface area contributed by atoms with Gasteiger partial charge in [-0.15, -0.1) is 0 Å². The van der Waals surface area contributed by atoms with Gasteiger partial charge in [0.2, 0.25) is 5.96 Å². The second kappa shape index (κ2) is 19.1. The molecule has 0 saturated carbocycles. The summed E-state index contributed by atoms with van der Waals surface area (Å²) >= 11 is 6.99. The number of sulfonamides is 1. The number of esters is 2. The summed E-state index contributed by atoms with van der Waals surface area (Å²) in [6, 6.07) is 40.5. The average Bonchev–Trinajstić information content (AvgIpc) is 3.82. The highest BCUT2D eigenvalue weighted by molar-refractivity contribution is 7.90. The molecule has 10 nitrogen and oxygen atoms in total. The van der Waals surface area contributed by atoms with E-state index in [0.717, 1.165) is 38.9 Å². The molecule has 346 valence electrons. The highest BCUT2D eigenvalue weighted by atomic mass is 35.5. The molecule has 12 heteroatoms. The van der Waals surface area contributed by atoms with E-state index < -0.39 is 39.1 Å². The van der Waals surface area contributed by atoms with Gasteiger partial charge in [-0.3, -0.25) is 14.6 Å². The first-order valence-corrected chi connectivity index (χ1v) is 24.5. The van der Waals surface area contributed by atoms with Gasteiger partial charge in [0.15, 0.2) is 5.60 Å². The first-order chi connectivity index (χ1) is 32.0. The number of rotatable bonds is 15. The van der Waals surface area contributed by atoms with Crippen molar-refractivity contribution >= 4 is 39.5 Å². The van der Waals surface area contributed by atoms with Crippen LogP contribution in [0.25, 0.3) is 11.1 Å². The Morgan fingerprint density at radius 3 is 2.07 bits per heavy atom. The van der Waals surface area contributed by atoms with Gasteiger partial charge in [-0.1, -0.05) is 138 Å². The van der Waals surface area contributed by atoms with E-state index in [4.69, 9.17) is 31.5 Å². The smallest absolute Gasteiger partial charge is 0.311 e. The number of aliphatic imine (C=N–C) groups is 1. The van der Waals surface area contributed by atoms with Gasteiger partial charge in [-0.25, -0.2) is 13.1 Å². The molecule has 3 N–H and O–H groups in total. The molecule has 6 aromatic carbocycles. The second-order valence-corrected chi connectivity index (χ2v) is 20.2. The molecule has 1 heterocycles. The minimum atomic E-state index is -4.17. The second-order valence-electron chi connectivity index (χ2n) is 18.2. The number of hydrogen-bond donors (Lipinski definition) is 2. The lowest BCUT2D eigenvalue weighted by Gasteiger charge is -2.37. The van der Waals surface area contributed by atoms with Crippen LogP contribution in [-0.2, 0) is 41.1 Å². The number of nitrogens with two attached hydrogens (primary N) is 1. The molecule has 0 spiro atoms. The highest BCUT2D eigenvalue weighted by Crippen LogP contribution is 2.47. The number of halogens is 1. The van der Waals surface area contributed by atoms with Crippen LogP contribution >= 0.6 is 11.6 Å². The number of benzene rings is 6. The van der Waals surface area contributed by atoms with Gasteiger partial charge in [0.05, 0.1) is 17.2 Å². The molecular formula is C55H56ClN3O7S. The normalized spacial score (nSPS) is 15.4. The van der Waals surface area contributed by atoms with Gasteiger partial charge in [0.1, 0.15) is 18.0 Å². The lowest BCUT2D eigenvalue weighted by atomic mass is 9.79. The average molecular weight is 939 g/mol. The van der Waals surface area contributed by atoms with Crippen molar-refractivity contribution in [2.75, 3.05) is 13.2 Å². The monoisotopic (exact) mass is 937 g/mol. The molecule has 67 heavy (non-hydrogen) atoms. The maximum Gasteiger partial charge on any atom is 0.311 e. The molecule has 0 amide bonds. The van der Waals surface area contributed by atoms with Crippen LogP contribution in [0.3, 0.4) is 0 Å². The van der Waals surface area contributed by atoms with Gasteiger partial charge < -0.3 is 19.9 Å². The number of hydrogen-bond acceptors (Lipinski definition) is 8. The van der Waals surface area contributed by atoms with Gasteiger partial charge in [-0.2, -0.15) is 0 Å². The number of nitrogens with one attached hydrogen (secondary N) is 1. The zero-order valence-electron chi connectivity index (χ0n) is 38.7. The largest absolute Gasteiger partial charge is 0.487 e. The van der Waals surface area contributed by atoms with Crippen molar-refractivity contribution in [1.82, 2.24) is 4.72 Å². The van der Waals surface area contributed by atoms with Crippen LogP contribution < -0.4 is 15.2 Å². The number of aryl methyl sites for hydroxylation is 1. The van der Waals surface area contributed by atoms with Crippen LogP contribution in [0.5, 0.6) is 5.75 Å². The van der Waals surface area contributed by atoms with Crippen molar-refractivity contribution in [1.29, 1.82) is 0 Å². The Morgan fingerprint density at radius 2 is 1.42 bits per heavy atom. The summed E-state index contributed by atoms with van der Waals surface area (Å²) in [6.07, 6.45) is 0.745. The SMILES string of the molecule is Cc1ccc(C(OC(=O)[C@H](CCCN=C(N)NS(=O)(=O)c2c(C)c(C)c3c(c2C)OC(C)(C)C3)CC(=O)OCC2c3ccccc3-c3ccccc32)(c2ccccc2)c2ccccc2Cl)cc1. The summed E-state index contributed by atoms with van der Waals surface area (Å²) in [5, 5.41) is 0.386. The van der Waals surface area contributed by atoms with Crippen molar-refractivity contribution in [2.24, 2.45) is 16.6 Å². The van der Waals surface area contributed by atoms with E-state index in [1.807, 2.05) is 137 Å². The third-order valence-electron chi connectivity index (χ3n) is 13.1.